The fraction of sp³-hybridized carbons (Fsp3) is 0.750. The molecule has 0 radical (unpaired) electrons. The first-order valence-corrected chi connectivity index (χ1v) is 5.60. The zero-order valence-electron chi connectivity index (χ0n) is 9.84. The van der Waals surface area contributed by atoms with Gasteiger partial charge < -0.3 is 10.2 Å². The Bertz CT molecular complexity index is 267. The standard InChI is InChI=1S/C12H20N2O/c1-4-6-12(10(2)3)14-15-9-11-7-5-8-13-11/h10-11,13H,5,7-9H2,1-3H3/b14-12+/t11-/m1/s1. The molecule has 15 heavy (non-hydrogen) atoms. The Hall–Kier alpha value is -1.01. The molecule has 0 aliphatic carbocycles. The van der Waals surface area contributed by atoms with Crippen LogP contribution in [-0.4, -0.2) is 24.9 Å². The molecule has 0 saturated carbocycles. The van der Waals surface area contributed by atoms with E-state index in [0.29, 0.717) is 18.6 Å². The van der Waals surface area contributed by atoms with Crippen molar-refractivity contribution < 1.29 is 4.84 Å². The third kappa shape index (κ3) is 4.35. The molecule has 1 atom stereocenters. The van der Waals surface area contributed by atoms with Crippen molar-refractivity contribution >= 4 is 5.71 Å². The van der Waals surface area contributed by atoms with Gasteiger partial charge in [-0.15, -0.1) is 0 Å². The van der Waals surface area contributed by atoms with Crippen LogP contribution in [-0.2, 0) is 4.84 Å². The smallest absolute Gasteiger partial charge is 0.132 e. The molecule has 1 heterocycles. The Morgan fingerprint density at radius 2 is 2.40 bits per heavy atom. The van der Waals surface area contributed by atoms with Crippen molar-refractivity contribution in [3.05, 3.63) is 0 Å². The summed E-state index contributed by atoms with van der Waals surface area (Å²) in [5.41, 5.74) is 0.829. The minimum absolute atomic E-state index is 0.328. The third-order valence-electron chi connectivity index (χ3n) is 2.40. The van der Waals surface area contributed by atoms with E-state index in [4.69, 9.17) is 4.84 Å². The number of hydrogen-bond acceptors (Lipinski definition) is 3. The van der Waals surface area contributed by atoms with Gasteiger partial charge in [-0.05, 0) is 32.2 Å². The molecule has 3 heteroatoms. The molecule has 3 nitrogen and oxygen atoms in total. The molecule has 0 aromatic carbocycles. The molecular weight excluding hydrogens is 188 g/mol. The van der Waals surface area contributed by atoms with Crippen LogP contribution in [0.4, 0.5) is 0 Å². The maximum absolute atomic E-state index is 5.32. The molecule has 1 N–H and O–H groups in total. The van der Waals surface area contributed by atoms with E-state index in [1.54, 1.807) is 0 Å². The van der Waals surface area contributed by atoms with Crippen LogP contribution >= 0.6 is 0 Å². The molecule has 1 fully saturated rings. The van der Waals surface area contributed by atoms with Gasteiger partial charge >= 0.3 is 0 Å². The largest absolute Gasteiger partial charge is 0.393 e. The van der Waals surface area contributed by atoms with Crippen molar-refractivity contribution in [2.24, 2.45) is 11.1 Å². The first kappa shape index (κ1) is 12.1. The van der Waals surface area contributed by atoms with E-state index in [0.717, 1.165) is 12.3 Å². The lowest BCUT2D eigenvalue weighted by Gasteiger charge is -2.09. The fourth-order valence-electron chi connectivity index (χ4n) is 1.50. The van der Waals surface area contributed by atoms with Crippen molar-refractivity contribution in [1.29, 1.82) is 0 Å². The molecule has 0 aromatic rings. The minimum Gasteiger partial charge on any atom is -0.393 e. The van der Waals surface area contributed by atoms with Gasteiger partial charge in [-0.2, -0.15) is 0 Å². The van der Waals surface area contributed by atoms with Gasteiger partial charge in [0.2, 0.25) is 0 Å². The van der Waals surface area contributed by atoms with Crippen molar-refractivity contribution in [2.45, 2.75) is 39.7 Å². The van der Waals surface area contributed by atoms with Gasteiger partial charge in [0.05, 0.1) is 0 Å². The van der Waals surface area contributed by atoms with Crippen molar-refractivity contribution in [1.82, 2.24) is 5.32 Å². The first-order valence-electron chi connectivity index (χ1n) is 5.60. The van der Waals surface area contributed by atoms with Gasteiger partial charge in [-0.3, -0.25) is 0 Å². The van der Waals surface area contributed by atoms with Crippen LogP contribution in [0.3, 0.4) is 0 Å². The molecule has 1 rings (SSSR count). The normalized spacial score (nSPS) is 21.3. The van der Waals surface area contributed by atoms with Crippen LogP contribution in [0.2, 0.25) is 0 Å². The monoisotopic (exact) mass is 208 g/mol. The summed E-state index contributed by atoms with van der Waals surface area (Å²) in [5, 5.41) is 7.44. The average molecular weight is 208 g/mol. The van der Waals surface area contributed by atoms with E-state index in [9.17, 15) is 0 Å². The number of hydrogen-bond donors (Lipinski definition) is 1. The Kier molecular flexibility index (Phi) is 5.20. The van der Waals surface area contributed by atoms with Crippen LogP contribution in [0.1, 0.15) is 33.6 Å². The molecule has 0 spiro atoms. The highest BCUT2D eigenvalue weighted by Gasteiger charge is 2.14. The molecule has 1 aliphatic rings. The molecule has 0 unspecified atom stereocenters. The SMILES string of the molecule is CC#C/C(=N\OC[C@H]1CCCN1)C(C)C. The Morgan fingerprint density at radius 3 is 2.93 bits per heavy atom. The topological polar surface area (TPSA) is 33.6 Å². The summed E-state index contributed by atoms with van der Waals surface area (Å²) in [7, 11) is 0. The zero-order chi connectivity index (χ0) is 11.1. The van der Waals surface area contributed by atoms with Crippen LogP contribution in [0.15, 0.2) is 5.16 Å². The van der Waals surface area contributed by atoms with E-state index in [1.165, 1.54) is 12.8 Å². The maximum atomic E-state index is 5.32. The number of nitrogens with zero attached hydrogens (tertiary/aromatic N) is 1. The molecule has 1 aliphatic heterocycles. The van der Waals surface area contributed by atoms with Crippen molar-refractivity contribution in [3.63, 3.8) is 0 Å². The second kappa shape index (κ2) is 6.47. The molecular formula is C12H20N2O. The van der Waals surface area contributed by atoms with Gasteiger partial charge in [0.25, 0.3) is 0 Å². The van der Waals surface area contributed by atoms with Gasteiger partial charge in [0, 0.05) is 12.0 Å². The van der Waals surface area contributed by atoms with E-state index >= 15 is 0 Å². The zero-order valence-corrected chi connectivity index (χ0v) is 9.84. The second-order valence-corrected chi connectivity index (χ2v) is 4.10. The molecule has 84 valence electrons. The predicted molar refractivity (Wildman–Crippen MR) is 62.7 cm³/mol. The van der Waals surface area contributed by atoms with Crippen LogP contribution < -0.4 is 5.32 Å². The number of oxime groups is 1. The summed E-state index contributed by atoms with van der Waals surface area (Å²) in [6, 6.07) is 0.469. The van der Waals surface area contributed by atoms with Gasteiger partial charge in [-0.1, -0.05) is 24.9 Å². The lowest BCUT2D eigenvalue weighted by molar-refractivity contribution is 0.124. The van der Waals surface area contributed by atoms with E-state index < -0.39 is 0 Å². The van der Waals surface area contributed by atoms with E-state index in [-0.39, 0.29) is 0 Å². The lowest BCUT2D eigenvalue weighted by atomic mass is 10.1. The Labute approximate surface area is 92.3 Å². The Balaban J connectivity index is 2.34. The molecule has 1 saturated heterocycles. The minimum atomic E-state index is 0.328. The average Bonchev–Trinajstić information content (AvgIpc) is 2.69. The Morgan fingerprint density at radius 1 is 1.60 bits per heavy atom. The summed E-state index contributed by atoms with van der Waals surface area (Å²) < 4.78 is 0. The van der Waals surface area contributed by atoms with Gasteiger partial charge in [0.15, 0.2) is 0 Å². The molecule has 0 aromatic heterocycles. The molecule has 0 amide bonds. The summed E-state index contributed by atoms with van der Waals surface area (Å²) in [6.45, 7) is 7.71. The first-order chi connectivity index (χ1) is 7.24. The second-order valence-electron chi connectivity index (χ2n) is 4.10. The lowest BCUT2D eigenvalue weighted by Crippen LogP contribution is -2.26. The van der Waals surface area contributed by atoms with Crippen molar-refractivity contribution in [2.75, 3.05) is 13.2 Å². The van der Waals surface area contributed by atoms with Gasteiger partial charge in [-0.25, -0.2) is 0 Å². The summed E-state index contributed by atoms with van der Waals surface area (Å²) in [6.07, 6.45) is 2.43. The predicted octanol–water partition coefficient (Wildman–Crippen LogP) is 1.79. The van der Waals surface area contributed by atoms with Crippen LogP contribution in [0, 0.1) is 17.8 Å². The summed E-state index contributed by atoms with van der Waals surface area (Å²) in [5.74, 6) is 6.14. The summed E-state index contributed by atoms with van der Waals surface area (Å²) >= 11 is 0. The fourth-order valence-corrected chi connectivity index (χ4v) is 1.50. The highest BCUT2D eigenvalue weighted by Crippen LogP contribution is 2.05. The van der Waals surface area contributed by atoms with E-state index in [1.807, 2.05) is 6.92 Å². The van der Waals surface area contributed by atoms with Crippen LogP contribution in [0.5, 0.6) is 0 Å². The van der Waals surface area contributed by atoms with Crippen LogP contribution in [0.25, 0.3) is 0 Å². The van der Waals surface area contributed by atoms with Gasteiger partial charge in [0.1, 0.15) is 12.3 Å². The highest BCUT2D eigenvalue weighted by molar-refractivity contribution is 6.01. The molecule has 0 bridgehead atoms. The quantitative estimate of drug-likeness (QED) is 0.434. The van der Waals surface area contributed by atoms with Crippen molar-refractivity contribution in [3.8, 4) is 11.8 Å². The number of rotatable bonds is 4. The summed E-state index contributed by atoms with van der Waals surface area (Å²) in [4.78, 5) is 5.32. The maximum Gasteiger partial charge on any atom is 0.132 e. The highest BCUT2D eigenvalue weighted by atomic mass is 16.6. The third-order valence-corrected chi connectivity index (χ3v) is 2.40. The van der Waals surface area contributed by atoms with E-state index in [2.05, 4.69) is 36.2 Å². The number of nitrogens with one attached hydrogen (secondary N) is 1.